The maximum absolute atomic E-state index is 6.10. The summed E-state index contributed by atoms with van der Waals surface area (Å²) in [7, 11) is 0. The number of fused-ring (bicyclic) bond motifs is 1. The molecule has 2 N–H and O–H groups in total. The third kappa shape index (κ3) is 1.26. The molecular formula is C14H16N2. The van der Waals surface area contributed by atoms with Gasteiger partial charge in [0, 0.05) is 23.5 Å². The molecule has 0 saturated heterocycles. The van der Waals surface area contributed by atoms with E-state index in [-0.39, 0.29) is 5.41 Å². The normalized spacial score (nSPS) is 26.9. The number of pyridine rings is 1. The van der Waals surface area contributed by atoms with Crippen LogP contribution in [0.4, 0.5) is 0 Å². The zero-order valence-electron chi connectivity index (χ0n) is 9.64. The summed E-state index contributed by atoms with van der Waals surface area (Å²) in [6.45, 7) is 4.46. The van der Waals surface area contributed by atoms with Crippen LogP contribution >= 0.6 is 0 Å². The largest absolute Gasteiger partial charge is 0.327 e. The SMILES string of the molecule is CC1(C)[C@H](N)[C@H]1c1ccc2ncccc2c1. The number of hydrogen-bond acceptors (Lipinski definition) is 2. The van der Waals surface area contributed by atoms with Gasteiger partial charge < -0.3 is 5.73 Å². The minimum Gasteiger partial charge on any atom is -0.327 e. The summed E-state index contributed by atoms with van der Waals surface area (Å²) >= 11 is 0. The molecule has 2 nitrogen and oxygen atoms in total. The molecule has 0 unspecified atom stereocenters. The lowest BCUT2D eigenvalue weighted by Crippen LogP contribution is -2.06. The van der Waals surface area contributed by atoms with E-state index in [1.165, 1.54) is 10.9 Å². The zero-order valence-corrected chi connectivity index (χ0v) is 9.64. The number of benzene rings is 1. The lowest BCUT2D eigenvalue weighted by atomic mass is 10.0. The predicted molar refractivity (Wildman–Crippen MR) is 66.2 cm³/mol. The Kier molecular flexibility index (Phi) is 1.86. The molecule has 2 atom stereocenters. The highest BCUT2D eigenvalue weighted by Gasteiger charge is 2.56. The first kappa shape index (κ1) is 9.79. The molecule has 82 valence electrons. The quantitative estimate of drug-likeness (QED) is 0.789. The van der Waals surface area contributed by atoms with Crippen molar-refractivity contribution in [2.24, 2.45) is 11.1 Å². The molecule has 1 aliphatic rings. The molecule has 2 heteroatoms. The lowest BCUT2D eigenvalue weighted by molar-refractivity contribution is 0.599. The number of aromatic nitrogens is 1. The van der Waals surface area contributed by atoms with E-state index in [2.05, 4.69) is 43.1 Å². The van der Waals surface area contributed by atoms with Crippen LogP contribution in [0.3, 0.4) is 0 Å². The van der Waals surface area contributed by atoms with Gasteiger partial charge >= 0.3 is 0 Å². The maximum atomic E-state index is 6.10. The maximum Gasteiger partial charge on any atom is 0.0702 e. The van der Waals surface area contributed by atoms with Crippen molar-refractivity contribution in [3.63, 3.8) is 0 Å². The molecule has 1 aromatic heterocycles. The fraction of sp³-hybridized carbons (Fsp3) is 0.357. The van der Waals surface area contributed by atoms with Crippen LogP contribution in [-0.2, 0) is 0 Å². The molecule has 0 amide bonds. The van der Waals surface area contributed by atoms with Crippen molar-refractivity contribution in [1.82, 2.24) is 4.98 Å². The minimum absolute atomic E-state index is 0.246. The van der Waals surface area contributed by atoms with Crippen LogP contribution < -0.4 is 5.73 Å². The van der Waals surface area contributed by atoms with Crippen LogP contribution in [0.1, 0.15) is 25.3 Å². The van der Waals surface area contributed by atoms with Gasteiger partial charge in [0.25, 0.3) is 0 Å². The Morgan fingerprint density at radius 2 is 2.00 bits per heavy atom. The molecule has 1 fully saturated rings. The number of hydrogen-bond donors (Lipinski definition) is 1. The molecular weight excluding hydrogens is 196 g/mol. The van der Waals surface area contributed by atoms with E-state index in [0.29, 0.717) is 12.0 Å². The standard InChI is InChI=1S/C14H16N2/c1-14(2)12(13(14)15)10-5-6-11-9(8-10)4-3-7-16-11/h3-8,12-13H,15H2,1-2H3/t12-,13-/m1/s1. The van der Waals surface area contributed by atoms with Crippen molar-refractivity contribution in [3.8, 4) is 0 Å². The Morgan fingerprint density at radius 3 is 2.69 bits per heavy atom. The molecule has 0 radical (unpaired) electrons. The van der Waals surface area contributed by atoms with Crippen molar-refractivity contribution >= 4 is 10.9 Å². The molecule has 0 spiro atoms. The first-order valence-electron chi connectivity index (χ1n) is 5.71. The highest BCUT2D eigenvalue weighted by atomic mass is 14.8. The monoisotopic (exact) mass is 212 g/mol. The third-order valence-electron chi connectivity index (χ3n) is 3.90. The third-order valence-corrected chi connectivity index (χ3v) is 3.90. The fourth-order valence-electron chi connectivity index (χ4n) is 2.60. The van der Waals surface area contributed by atoms with E-state index in [1.807, 2.05) is 12.3 Å². The summed E-state index contributed by atoms with van der Waals surface area (Å²) in [6.07, 6.45) is 1.83. The molecule has 1 aromatic carbocycles. The number of nitrogens with two attached hydrogens (primary N) is 1. The Balaban J connectivity index is 2.07. The summed E-state index contributed by atoms with van der Waals surface area (Å²) in [5.74, 6) is 0.497. The van der Waals surface area contributed by atoms with Crippen LogP contribution in [0.2, 0.25) is 0 Å². The smallest absolute Gasteiger partial charge is 0.0702 e. The van der Waals surface area contributed by atoms with E-state index >= 15 is 0 Å². The minimum atomic E-state index is 0.246. The Labute approximate surface area is 95.5 Å². The van der Waals surface area contributed by atoms with Crippen LogP contribution in [0.25, 0.3) is 10.9 Å². The van der Waals surface area contributed by atoms with Crippen molar-refractivity contribution in [3.05, 3.63) is 42.1 Å². The molecule has 16 heavy (non-hydrogen) atoms. The van der Waals surface area contributed by atoms with Gasteiger partial charge in [-0.2, -0.15) is 0 Å². The Hall–Kier alpha value is -1.41. The molecule has 3 rings (SSSR count). The van der Waals surface area contributed by atoms with Crippen molar-refractivity contribution < 1.29 is 0 Å². The molecule has 0 bridgehead atoms. The summed E-state index contributed by atoms with van der Waals surface area (Å²) in [6, 6.07) is 10.8. The van der Waals surface area contributed by atoms with E-state index in [4.69, 9.17) is 5.73 Å². The summed E-state index contributed by atoms with van der Waals surface area (Å²) in [5, 5.41) is 1.20. The van der Waals surface area contributed by atoms with Gasteiger partial charge in [-0.05, 0) is 29.2 Å². The zero-order chi connectivity index (χ0) is 11.3. The van der Waals surface area contributed by atoms with Crippen molar-refractivity contribution in [2.45, 2.75) is 25.8 Å². The van der Waals surface area contributed by atoms with Crippen molar-refractivity contribution in [2.75, 3.05) is 0 Å². The first-order valence-corrected chi connectivity index (χ1v) is 5.71. The number of rotatable bonds is 1. The average molecular weight is 212 g/mol. The van der Waals surface area contributed by atoms with Crippen LogP contribution in [0.5, 0.6) is 0 Å². The summed E-state index contributed by atoms with van der Waals surface area (Å²) in [5.41, 5.74) is 8.75. The number of nitrogens with zero attached hydrogens (tertiary/aromatic N) is 1. The fourth-order valence-corrected chi connectivity index (χ4v) is 2.60. The van der Waals surface area contributed by atoms with Crippen LogP contribution in [0, 0.1) is 5.41 Å². The van der Waals surface area contributed by atoms with E-state index in [9.17, 15) is 0 Å². The van der Waals surface area contributed by atoms with Crippen LogP contribution in [-0.4, -0.2) is 11.0 Å². The Bertz CT molecular complexity index is 545. The Morgan fingerprint density at radius 1 is 1.25 bits per heavy atom. The van der Waals surface area contributed by atoms with E-state index < -0.39 is 0 Å². The van der Waals surface area contributed by atoms with Gasteiger partial charge in [0.2, 0.25) is 0 Å². The van der Waals surface area contributed by atoms with Gasteiger partial charge in [0.1, 0.15) is 0 Å². The first-order chi connectivity index (χ1) is 7.60. The van der Waals surface area contributed by atoms with E-state index in [1.54, 1.807) is 0 Å². The predicted octanol–water partition coefficient (Wildman–Crippen LogP) is 2.69. The second-order valence-electron chi connectivity index (χ2n) is 5.28. The highest BCUT2D eigenvalue weighted by Crippen LogP contribution is 2.57. The van der Waals surface area contributed by atoms with Gasteiger partial charge in [0.05, 0.1) is 5.52 Å². The van der Waals surface area contributed by atoms with Crippen LogP contribution in [0.15, 0.2) is 36.5 Å². The summed E-state index contributed by atoms with van der Waals surface area (Å²) in [4.78, 5) is 4.33. The van der Waals surface area contributed by atoms with Gasteiger partial charge in [0.15, 0.2) is 0 Å². The molecule has 0 aliphatic heterocycles. The van der Waals surface area contributed by atoms with E-state index in [0.717, 1.165) is 5.52 Å². The summed E-state index contributed by atoms with van der Waals surface area (Å²) < 4.78 is 0. The van der Waals surface area contributed by atoms with Gasteiger partial charge in [-0.25, -0.2) is 0 Å². The molecule has 2 aromatic rings. The highest BCUT2D eigenvalue weighted by molar-refractivity contribution is 5.79. The molecule has 1 heterocycles. The topological polar surface area (TPSA) is 38.9 Å². The second-order valence-corrected chi connectivity index (χ2v) is 5.28. The van der Waals surface area contributed by atoms with Gasteiger partial charge in [-0.1, -0.05) is 26.0 Å². The molecule has 1 saturated carbocycles. The van der Waals surface area contributed by atoms with Crippen molar-refractivity contribution in [1.29, 1.82) is 0 Å². The van der Waals surface area contributed by atoms with Gasteiger partial charge in [-0.15, -0.1) is 0 Å². The average Bonchev–Trinajstić information content (AvgIpc) is 2.78. The molecule has 1 aliphatic carbocycles. The lowest BCUT2D eigenvalue weighted by Gasteiger charge is -2.04. The van der Waals surface area contributed by atoms with Gasteiger partial charge in [-0.3, -0.25) is 4.98 Å². The second kappa shape index (κ2) is 3.05.